The lowest BCUT2D eigenvalue weighted by atomic mass is 10.1. The van der Waals surface area contributed by atoms with Gasteiger partial charge in [-0.2, -0.15) is 10.2 Å². The SMILES string of the molecule is CC1(C)CN(c2nc(Nc3ccc(S(N)(=O)=O)cc3)ncc2C#N)CCO1. The molecule has 9 nitrogen and oxygen atoms in total. The van der Waals surface area contributed by atoms with Crippen LogP contribution in [-0.2, 0) is 14.8 Å². The summed E-state index contributed by atoms with van der Waals surface area (Å²) in [5.41, 5.74) is 0.635. The van der Waals surface area contributed by atoms with Gasteiger partial charge in [-0.1, -0.05) is 0 Å². The minimum atomic E-state index is -3.75. The number of benzene rings is 1. The molecule has 1 aliphatic rings. The van der Waals surface area contributed by atoms with Gasteiger partial charge in [0.05, 0.1) is 23.3 Å². The molecule has 0 amide bonds. The number of sulfonamides is 1. The van der Waals surface area contributed by atoms with E-state index >= 15 is 0 Å². The van der Waals surface area contributed by atoms with Gasteiger partial charge in [0.25, 0.3) is 0 Å². The Hall–Kier alpha value is -2.74. The molecule has 0 unspecified atom stereocenters. The first-order chi connectivity index (χ1) is 12.7. The smallest absolute Gasteiger partial charge is 0.238 e. The summed E-state index contributed by atoms with van der Waals surface area (Å²) in [5.74, 6) is 0.837. The molecule has 1 saturated heterocycles. The first-order valence-corrected chi connectivity index (χ1v) is 9.78. The highest BCUT2D eigenvalue weighted by atomic mass is 32.2. The van der Waals surface area contributed by atoms with Gasteiger partial charge in [0.15, 0.2) is 5.82 Å². The maximum Gasteiger partial charge on any atom is 0.238 e. The van der Waals surface area contributed by atoms with Crippen molar-refractivity contribution in [1.82, 2.24) is 9.97 Å². The predicted octanol–water partition coefficient (Wildman–Crippen LogP) is 1.35. The number of ether oxygens (including phenoxy) is 1. The Morgan fingerprint density at radius 1 is 1.33 bits per heavy atom. The largest absolute Gasteiger partial charge is 0.372 e. The van der Waals surface area contributed by atoms with Crippen LogP contribution in [0.3, 0.4) is 0 Å². The molecule has 1 aromatic carbocycles. The molecule has 3 rings (SSSR count). The van der Waals surface area contributed by atoms with Crippen molar-refractivity contribution >= 4 is 27.5 Å². The van der Waals surface area contributed by atoms with Gasteiger partial charge in [-0.3, -0.25) is 0 Å². The van der Waals surface area contributed by atoms with Gasteiger partial charge in [-0.25, -0.2) is 18.5 Å². The van der Waals surface area contributed by atoms with E-state index in [1.54, 1.807) is 12.1 Å². The number of hydrogen-bond acceptors (Lipinski definition) is 8. The van der Waals surface area contributed by atoms with Crippen LogP contribution in [0.15, 0.2) is 35.4 Å². The van der Waals surface area contributed by atoms with E-state index in [2.05, 4.69) is 21.4 Å². The summed E-state index contributed by atoms with van der Waals surface area (Å²) < 4.78 is 28.4. The topological polar surface area (TPSA) is 134 Å². The van der Waals surface area contributed by atoms with Crippen molar-refractivity contribution in [2.45, 2.75) is 24.3 Å². The fraction of sp³-hybridized carbons (Fsp3) is 0.353. The molecule has 27 heavy (non-hydrogen) atoms. The minimum Gasteiger partial charge on any atom is -0.372 e. The number of rotatable bonds is 4. The Bertz CT molecular complexity index is 983. The van der Waals surface area contributed by atoms with Gasteiger partial charge < -0.3 is 15.0 Å². The van der Waals surface area contributed by atoms with Gasteiger partial charge in [0.2, 0.25) is 16.0 Å². The number of primary sulfonamides is 1. The molecule has 0 atom stereocenters. The molecule has 1 aliphatic heterocycles. The first-order valence-electron chi connectivity index (χ1n) is 8.24. The van der Waals surface area contributed by atoms with Crippen LogP contribution in [0.25, 0.3) is 0 Å². The second kappa shape index (κ2) is 7.11. The molecule has 3 N–H and O–H groups in total. The van der Waals surface area contributed by atoms with Crippen LogP contribution in [0.4, 0.5) is 17.5 Å². The molecular weight excluding hydrogens is 368 g/mol. The summed E-state index contributed by atoms with van der Waals surface area (Å²) in [6, 6.07) is 8.05. The van der Waals surface area contributed by atoms with Crippen molar-refractivity contribution in [2.75, 3.05) is 29.9 Å². The maximum atomic E-state index is 11.3. The number of nitrogens with two attached hydrogens (primary N) is 1. The number of nitriles is 1. The zero-order chi connectivity index (χ0) is 19.7. The van der Waals surface area contributed by atoms with Gasteiger partial charge >= 0.3 is 0 Å². The molecule has 0 aliphatic carbocycles. The van der Waals surface area contributed by atoms with E-state index < -0.39 is 10.0 Å². The molecule has 1 aromatic heterocycles. The van der Waals surface area contributed by atoms with Crippen molar-refractivity contribution in [1.29, 1.82) is 5.26 Å². The average molecular weight is 388 g/mol. The highest BCUT2D eigenvalue weighted by Crippen LogP contribution is 2.26. The van der Waals surface area contributed by atoms with E-state index in [4.69, 9.17) is 9.88 Å². The molecule has 2 aromatic rings. The van der Waals surface area contributed by atoms with Crippen molar-refractivity contribution in [3.63, 3.8) is 0 Å². The van der Waals surface area contributed by atoms with Crippen molar-refractivity contribution in [3.05, 3.63) is 36.0 Å². The van der Waals surface area contributed by atoms with Crippen LogP contribution < -0.4 is 15.4 Å². The van der Waals surface area contributed by atoms with Crippen LogP contribution in [0.2, 0.25) is 0 Å². The molecule has 0 radical (unpaired) electrons. The Morgan fingerprint density at radius 2 is 2.04 bits per heavy atom. The monoisotopic (exact) mass is 388 g/mol. The minimum absolute atomic E-state index is 0.0185. The fourth-order valence-corrected chi connectivity index (χ4v) is 3.32. The van der Waals surface area contributed by atoms with Gasteiger partial charge in [0, 0.05) is 18.8 Å². The second-order valence-electron chi connectivity index (χ2n) is 6.77. The quantitative estimate of drug-likeness (QED) is 0.801. The molecule has 10 heteroatoms. The lowest BCUT2D eigenvalue weighted by Gasteiger charge is -2.39. The van der Waals surface area contributed by atoms with Gasteiger partial charge in [-0.15, -0.1) is 0 Å². The third kappa shape index (κ3) is 4.51. The highest BCUT2D eigenvalue weighted by molar-refractivity contribution is 7.89. The van der Waals surface area contributed by atoms with Crippen LogP contribution >= 0.6 is 0 Å². The van der Waals surface area contributed by atoms with E-state index in [0.29, 0.717) is 42.7 Å². The third-order valence-electron chi connectivity index (χ3n) is 4.05. The Kier molecular flexibility index (Phi) is 5.01. The molecular formula is C17H20N6O3S. The van der Waals surface area contributed by atoms with Crippen molar-refractivity contribution in [2.24, 2.45) is 5.14 Å². The first kappa shape index (κ1) is 19.0. The summed E-state index contributed by atoms with van der Waals surface area (Å²) in [6.45, 7) is 5.73. The van der Waals surface area contributed by atoms with E-state index in [1.807, 2.05) is 18.7 Å². The molecule has 142 valence electrons. The van der Waals surface area contributed by atoms with Crippen LogP contribution in [0.1, 0.15) is 19.4 Å². The van der Waals surface area contributed by atoms with Crippen LogP contribution in [0, 0.1) is 11.3 Å². The summed E-state index contributed by atoms with van der Waals surface area (Å²) in [7, 11) is -3.75. The molecule has 0 spiro atoms. The summed E-state index contributed by atoms with van der Waals surface area (Å²) in [4.78, 5) is 10.7. The molecule has 2 heterocycles. The van der Waals surface area contributed by atoms with Crippen LogP contribution in [0.5, 0.6) is 0 Å². The standard InChI is InChI=1S/C17H20N6O3S/c1-17(2)11-23(7-8-26-17)15-12(9-18)10-20-16(22-15)21-13-3-5-14(6-4-13)27(19,24)25/h3-6,10H,7-8,11H2,1-2H3,(H2,19,24,25)(H,20,21,22). The Balaban J connectivity index is 1.86. The number of hydrogen-bond donors (Lipinski definition) is 2. The summed E-state index contributed by atoms with van der Waals surface area (Å²) >= 11 is 0. The molecule has 1 fully saturated rings. The van der Waals surface area contributed by atoms with E-state index in [1.165, 1.54) is 18.3 Å². The number of morpholine rings is 1. The molecule has 0 bridgehead atoms. The van der Waals surface area contributed by atoms with Gasteiger partial charge in [0.1, 0.15) is 11.6 Å². The zero-order valence-electron chi connectivity index (χ0n) is 15.0. The Labute approximate surface area is 157 Å². The second-order valence-corrected chi connectivity index (χ2v) is 8.33. The van der Waals surface area contributed by atoms with Crippen molar-refractivity contribution in [3.8, 4) is 6.07 Å². The maximum absolute atomic E-state index is 11.3. The van der Waals surface area contributed by atoms with Crippen molar-refractivity contribution < 1.29 is 13.2 Å². The fourth-order valence-electron chi connectivity index (χ4n) is 2.81. The highest BCUT2D eigenvalue weighted by Gasteiger charge is 2.29. The van der Waals surface area contributed by atoms with Gasteiger partial charge in [-0.05, 0) is 38.1 Å². The number of nitrogens with zero attached hydrogens (tertiary/aromatic N) is 4. The van der Waals surface area contributed by atoms with E-state index in [9.17, 15) is 13.7 Å². The lowest BCUT2D eigenvalue weighted by molar-refractivity contribution is -0.0279. The Morgan fingerprint density at radius 3 is 2.63 bits per heavy atom. The summed E-state index contributed by atoms with van der Waals surface area (Å²) in [6.07, 6.45) is 1.46. The normalized spacial score (nSPS) is 16.6. The number of anilines is 3. The number of nitrogens with one attached hydrogen (secondary N) is 1. The lowest BCUT2D eigenvalue weighted by Crippen LogP contribution is -2.49. The predicted molar refractivity (Wildman–Crippen MR) is 100 cm³/mol. The van der Waals surface area contributed by atoms with Crippen LogP contribution in [-0.4, -0.2) is 43.7 Å². The zero-order valence-corrected chi connectivity index (χ0v) is 15.8. The van der Waals surface area contributed by atoms with E-state index in [-0.39, 0.29) is 10.5 Å². The summed E-state index contributed by atoms with van der Waals surface area (Å²) in [5, 5.41) is 17.5. The average Bonchev–Trinajstić information content (AvgIpc) is 2.60. The number of aromatic nitrogens is 2. The third-order valence-corrected chi connectivity index (χ3v) is 4.98. The molecule has 0 saturated carbocycles. The van der Waals surface area contributed by atoms with E-state index in [0.717, 1.165) is 0 Å².